The van der Waals surface area contributed by atoms with Crippen LogP contribution in [0.1, 0.15) is 30.9 Å². The smallest absolute Gasteiger partial charge is 0.243 e. The third-order valence-electron chi connectivity index (χ3n) is 5.22. The molecular weight excluding hydrogens is 386 g/mol. The summed E-state index contributed by atoms with van der Waals surface area (Å²) < 4.78 is 27.0. The molecule has 0 saturated carbocycles. The van der Waals surface area contributed by atoms with Crippen LogP contribution in [0.25, 0.3) is 0 Å². The predicted octanol–water partition coefficient (Wildman–Crippen LogP) is 3.06. The van der Waals surface area contributed by atoms with Gasteiger partial charge in [0.05, 0.1) is 11.4 Å². The number of aryl methyl sites for hydroxylation is 1. The molecule has 0 bridgehead atoms. The highest BCUT2D eigenvalue weighted by molar-refractivity contribution is 7.89. The van der Waals surface area contributed by atoms with Crippen LogP contribution in [0.3, 0.4) is 0 Å². The van der Waals surface area contributed by atoms with Crippen molar-refractivity contribution in [2.24, 2.45) is 0 Å². The highest BCUT2D eigenvalue weighted by Crippen LogP contribution is 2.19. The Labute approximate surface area is 173 Å². The molecule has 156 valence electrons. The number of rotatable bonds is 6. The zero-order valence-corrected chi connectivity index (χ0v) is 18.1. The van der Waals surface area contributed by atoms with Crippen LogP contribution in [0.5, 0.6) is 0 Å². The number of amides is 1. The molecule has 1 aliphatic heterocycles. The summed E-state index contributed by atoms with van der Waals surface area (Å²) in [4.78, 5) is 14.7. The van der Waals surface area contributed by atoms with Gasteiger partial charge >= 0.3 is 0 Å². The molecule has 0 radical (unpaired) electrons. The number of hydrogen-bond acceptors (Lipinski definition) is 4. The van der Waals surface area contributed by atoms with Crippen LogP contribution in [0, 0.1) is 6.92 Å². The van der Waals surface area contributed by atoms with Gasteiger partial charge in [0.1, 0.15) is 0 Å². The summed E-state index contributed by atoms with van der Waals surface area (Å²) in [6.07, 6.45) is 0. The van der Waals surface area contributed by atoms with Crippen molar-refractivity contribution in [3.8, 4) is 0 Å². The lowest BCUT2D eigenvalue weighted by molar-refractivity contribution is -0.117. The van der Waals surface area contributed by atoms with Gasteiger partial charge in [-0.15, -0.1) is 0 Å². The lowest BCUT2D eigenvalue weighted by Gasteiger charge is -2.33. The second kappa shape index (κ2) is 9.07. The molecule has 1 aliphatic rings. The second-order valence-corrected chi connectivity index (χ2v) is 9.76. The number of nitrogens with one attached hydrogen (secondary N) is 1. The van der Waals surface area contributed by atoms with E-state index in [2.05, 4.69) is 19.2 Å². The van der Waals surface area contributed by atoms with E-state index in [1.165, 1.54) is 9.87 Å². The van der Waals surface area contributed by atoms with Crippen molar-refractivity contribution in [3.63, 3.8) is 0 Å². The van der Waals surface area contributed by atoms with Gasteiger partial charge in [-0.3, -0.25) is 9.69 Å². The first kappa shape index (κ1) is 21.5. The third kappa shape index (κ3) is 5.44. The van der Waals surface area contributed by atoms with Crippen molar-refractivity contribution >= 4 is 21.6 Å². The summed E-state index contributed by atoms with van der Waals surface area (Å²) in [5.74, 6) is 0.365. The third-order valence-corrected chi connectivity index (χ3v) is 7.13. The minimum Gasteiger partial charge on any atom is -0.325 e. The zero-order valence-electron chi connectivity index (χ0n) is 17.3. The molecule has 0 unspecified atom stereocenters. The number of nitrogens with zero attached hydrogens (tertiary/aromatic N) is 2. The average Bonchev–Trinajstić information content (AvgIpc) is 2.69. The summed E-state index contributed by atoms with van der Waals surface area (Å²) in [5, 5.41) is 2.92. The quantitative estimate of drug-likeness (QED) is 0.787. The Kier molecular flexibility index (Phi) is 6.72. The molecule has 2 aromatic rings. The van der Waals surface area contributed by atoms with Gasteiger partial charge in [0.25, 0.3) is 0 Å². The largest absolute Gasteiger partial charge is 0.325 e. The first-order valence-corrected chi connectivity index (χ1v) is 11.4. The van der Waals surface area contributed by atoms with Crippen molar-refractivity contribution in [2.75, 3.05) is 38.0 Å². The van der Waals surface area contributed by atoms with E-state index >= 15 is 0 Å². The van der Waals surface area contributed by atoms with Gasteiger partial charge in [0.15, 0.2) is 0 Å². The number of sulfonamides is 1. The summed E-state index contributed by atoms with van der Waals surface area (Å²) in [7, 11) is -3.48. The Morgan fingerprint density at radius 3 is 2.10 bits per heavy atom. The van der Waals surface area contributed by atoms with Crippen LogP contribution >= 0.6 is 0 Å². The lowest BCUT2D eigenvalue weighted by Crippen LogP contribution is -2.50. The number of benzene rings is 2. The van der Waals surface area contributed by atoms with Crippen molar-refractivity contribution in [1.82, 2.24) is 9.21 Å². The standard InChI is InChI=1S/C22H29N3O3S/c1-17(2)19-6-8-20(9-7-19)23-22(26)16-24-12-14-25(15-13-24)29(27,28)21-10-4-18(3)5-11-21/h4-11,17H,12-16H2,1-3H3,(H,23,26). The highest BCUT2D eigenvalue weighted by Gasteiger charge is 2.28. The van der Waals surface area contributed by atoms with Gasteiger partial charge in [-0.1, -0.05) is 43.7 Å². The maximum absolute atomic E-state index is 12.8. The maximum Gasteiger partial charge on any atom is 0.243 e. The van der Waals surface area contributed by atoms with Crippen LogP contribution in [0.15, 0.2) is 53.4 Å². The highest BCUT2D eigenvalue weighted by atomic mass is 32.2. The van der Waals surface area contributed by atoms with E-state index in [4.69, 9.17) is 0 Å². The van der Waals surface area contributed by atoms with Crippen LogP contribution in [0.2, 0.25) is 0 Å². The van der Waals surface area contributed by atoms with E-state index in [0.29, 0.717) is 37.0 Å². The Morgan fingerprint density at radius 2 is 1.55 bits per heavy atom. The van der Waals surface area contributed by atoms with E-state index in [1.54, 1.807) is 24.3 Å². The summed E-state index contributed by atoms with van der Waals surface area (Å²) in [6, 6.07) is 14.8. The van der Waals surface area contributed by atoms with Crippen LogP contribution in [0.4, 0.5) is 5.69 Å². The molecule has 7 heteroatoms. The van der Waals surface area contributed by atoms with Crippen LogP contribution < -0.4 is 5.32 Å². The lowest BCUT2D eigenvalue weighted by atomic mass is 10.0. The molecule has 6 nitrogen and oxygen atoms in total. The molecule has 1 N–H and O–H groups in total. The van der Waals surface area contributed by atoms with Gasteiger partial charge in [-0.2, -0.15) is 4.31 Å². The number of piperazine rings is 1. The van der Waals surface area contributed by atoms with Gasteiger partial charge in [0.2, 0.25) is 15.9 Å². The number of hydrogen-bond donors (Lipinski definition) is 1. The van der Waals surface area contributed by atoms with E-state index < -0.39 is 10.0 Å². The molecule has 0 aromatic heterocycles. The van der Waals surface area contributed by atoms with Crippen molar-refractivity contribution in [1.29, 1.82) is 0 Å². The predicted molar refractivity (Wildman–Crippen MR) is 116 cm³/mol. The van der Waals surface area contributed by atoms with Crippen molar-refractivity contribution in [2.45, 2.75) is 31.6 Å². The molecule has 1 amide bonds. The summed E-state index contributed by atoms with van der Waals surface area (Å²) >= 11 is 0. The Hall–Kier alpha value is -2.22. The van der Waals surface area contributed by atoms with Gasteiger partial charge < -0.3 is 5.32 Å². The summed E-state index contributed by atoms with van der Waals surface area (Å²) in [6.45, 7) is 8.27. The van der Waals surface area contributed by atoms with Crippen LogP contribution in [-0.2, 0) is 14.8 Å². The van der Waals surface area contributed by atoms with E-state index in [9.17, 15) is 13.2 Å². The molecule has 0 aliphatic carbocycles. The normalized spacial score (nSPS) is 16.1. The first-order valence-electron chi connectivity index (χ1n) is 9.94. The SMILES string of the molecule is Cc1ccc(S(=O)(=O)N2CCN(CC(=O)Nc3ccc(C(C)C)cc3)CC2)cc1. The molecular formula is C22H29N3O3S. The molecule has 2 aromatic carbocycles. The van der Waals surface area contributed by atoms with E-state index in [0.717, 1.165) is 11.3 Å². The molecule has 1 fully saturated rings. The minimum atomic E-state index is -3.48. The number of carbonyl (C=O) groups is 1. The fourth-order valence-corrected chi connectivity index (χ4v) is 4.76. The fourth-order valence-electron chi connectivity index (χ4n) is 3.34. The van der Waals surface area contributed by atoms with Crippen molar-refractivity contribution < 1.29 is 13.2 Å². The van der Waals surface area contributed by atoms with Crippen molar-refractivity contribution in [3.05, 3.63) is 59.7 Å². The second-order valence-electron chi connectivity index (χ2n) is 7.82. The Balaban J connectivity index is 1.51. The van der Waals surface area contributed by atoms with E-state index in [-0.39, 0.29) is 12.5 Å². The van der Waals surface area contributed by atoms with E-state index in [1.807, 2.05) is 36.1 Å². The molecule has 0 atom stereocenters. The Bertz CT molecular complexity index is 930. The molecule has 3 rings (SSSR count). The Morgan fingerprint density at radius 1 is 0.966 bits per heavy atom. The van der Waals surface area contributed by atoms with Gasteiger partial charge in [-0.25, -0.2) is 8.42 Å². The summed E-state index contributed by atoms with van der Waals surface area (Å²) in [5.41, 5.74) is 3.03. The zero-order chi connectivity index (χ0) is 21.0. The monoisotopic (exact) mass is 415 g/mol. The maximum atomic E-state index is 12.8. The minimum absolute atomic E-state index is 0.0860. The van der Waals surface area contributed by atoms with Crippen LogP contribution in [-0.4, -0.2) is 56.3 Å². The fraction of sp³-hybridized carbons (Fsp3) is 0.409. The number of anilines is 1. The molecule has 1 saturated heterocycles. The molecule has 1 heterocycles. The topological polar surface area (TPSA) is 69.7 Å². The number of carbonyl (C=O) groups excluding carboxylic acids is 1. The van der Waals surface area contributed by atoms with Gasteiger partial charge in [0, 0.05) is 31.9 Å². The van der Waals surface area contributed by atoms with Gasteiger partial charge in [-0.05, 0) is 42.7 Å². The molecule has 29 heavy (non-hydrogen) atoms. The first-order chi connectivity index (χ1) is 13.8. The average molecular weight is 416 g/mol. The molecule has 0 spiro atoms.